The molecule has 2 aromatic heterocycles. The predicted octanol–water partition coefficient (Wildman–Crippen LogP) is 4.02. The van der Waals surface area contributed by atoms with Gasteiger partial charge in [0.2, 0.25) is 11.8 Å². The van der Waals surface area contributed by atoms with Crippen LogP contribution in [0.15, 0.2) is 91.1 Å². The first-order valence-corrected chi connectivity index (χ1v) is 10.2. The summed E-state index contributed by atoms with van der Waals surface area (Å²) in [5, 5.41) is 8.93. The van der Waals surface area contributed by atoms with E-state index in [1.807, 2.05) is 36.4 Å². The molecule has 33 heavy (non-hydrogen) atoms. The fourth-order valence-electron chi connectivity index (χ4n) is 3.52. The predicted molar refractivity (Wildman–Crippen MR) is 126 cm³/mol. The van der Waals surface area contributed by atoms with Crippen molar-refractivity contribution in [2.24, 2.45) is 0 Å². The summed E-state index contributed by atoms with van der Waals surface area (Å²) in [6, 6.07) is 25.1. The van der Waals surface area contributed by atoms with E-state index in [0.29, 0.717) is 22.5 Å². The average Bonchev–Trinajstić information content (AvgIpc) is 3.25. The van der Waals surface area contributed by atoms with Crippen LogP contribution in [-0.4, -0.2) is 31.6 Å². The van der Waals surface area contributed by atoms with Crippen molar-refractivity contribution < 1.29 is 9.59 Å². The smallest absolute Gasteiger partial charge is 0.281 e. The second kappa shape index (κ2) is 8.35. The number of aromatic nitrogens is 4. The van der Waals surface area contributed by atoms with Crippen LogP contribution in [0.5, 0.6) is 0 Å². The van der Waals surface area contributed by atoms with Crippen LogP contribution < -0.4 is 11.1 Å². The third kappa shape index (κ3) is 3.92. The first-order valence-electron chi connectivity index (χ1n) is 10.2. The number of pyridine rings is 1. The van der Waals surface area contributed by atoms with Gasteiger partial charge < -0.3 is 11.1 Å². The molecule has 160 valence electrons. The number of nitrogens with zero attached hydrogens (tertiary/aromatic N) is 4. The lowest BCUT2D eigenvalue weighted by Gasteiger charge is -2.09. The Morgan fingerprint density at radius 3 is 2.39 bits per heavy atom. The van der Waals surface area contributed by atoms with Gasteiger partial charge >= 0.3 is 0 Å². The summed E-state index contributed by atoms with van der Waals surface area (Å²) in [6.45, 7) is 0. The molecule has 3 N–H and O–H groups in total. The number of carbonyl (C=O) groups excluding carboxylic acids is 2. The van der Waals surface area contributed by atoms with Crippen LogP contribution in [0, 0.1) is 0 Å². The Morgan fingerprint density at radius 2 is 1.61 bits per heavy atom. The number of nitrogen functional groups attached to an aromatic ring is 1. The Morgan fingerprint density at radius 1 is 0.848 bits per heavy atom. The molecule has 0 spiro atoms. The number of rotatable bonds is 4. The quantitative estimate of drug-likeness (QED) is 0.441. The van der Waals surface area contributed by atoms with Crippen LogP contribution in [-0.2, 0) is 0 Å². The van der Waals surface area contributed by atoms with E-state index in [0.717, 1.165) is 15.5 Å². The van der Waals surface area contributed by atoms with Gasteiger partial charge in [-0.3, -0.25) is 14.6 Å². The molecule has 0 aliphatic carbocycles. The maximum atomic E-state index is 12.9. The highest BCUT2D eigenvalue weighted by Crippen LogP contribution is 2.21. The lowest BCUT2D eigenvalue weighted by Crippen LogP contribution is -2.17. The Labute approximate surface area is 188 Å². The van der Waals surface area contributed by atoms with E-state index in [1.54, 1.807) is 54.7 Å². The highest BCUT2D eigenvalue weighted by Gasteiger charge is 2.18. The Kier molecular flexibility index (Phi) is 5.08. The molecule has 0 saturated carbocycles. The molecule has 0 aliphatic rings. The van der Waals surface area contributed by atoms with Gasteiger partial charge in [0.1, 0.15) is 5.69 Å². The number of nitrogens with two attached hydrogens (primary N) is 1. The van der Waals surface area contributed by atoms with Crippen LogP contribution in [0.4, 0.5) is 11.6 Å². The summed E-state index contributed by atoms with van der Waals surface area (Å²) >= 11 is 0. The zero-order chi connectivity index (χ0) is 22.8. The van der Waals surface area contributed by atoms with Crippen LogP contribution in [0.1, 0.15) is 20.7 Å². The molecule has 0 bridgehead atoms. The molecular weight excluding hydrogens is 416 g/mol. The number of amides is 1. The van der Waals surface area contributed by atoms with Crippen molar-refractivity contribution in [2.75, 3.05) is 11.1 Å². The van der Waals surface area contributed by atoms with Gasteiger partial charge in [-0.2, -0.15) is 9.67 Å². The van der Waals surface area contributed by atoms with Crippen LogP contribution in [0.2, 0.25) is 0 Å². The van der Waals surface area contributed by atoms with Crippen molar-refractivity contribution in [3.8, 4) is 11.5 Å². The van der Waals surface area contributed by atoms with E-state index in [2.05, 4.69) is 20.4 Å². The molecule has 3 aromatic carbocycles. The molecule has 0 fully saturated rings. The average molecular weight is 434 g/mol. The van der Waals surface area contributed by atoms with E-state index in [9.17, 15) is 9.59 Å². The summed E-state index contributed by atoms with van der Waals surface area (Å²) in [7, 11) is 0. The number of hydrogen-bond donors (Lipinski definition) is 2. The molecule has 8 nitrogen and oxygen atoms in total. The number of anilines is 2. The number of carbonyl (C=O) groups is 2. The standard InChI is InChI=1S/C25H18N6O2/c26-25-29-22(21-10-3-4-15-27-21)30-31(25)24(33)17-11-13-18(14-12-17)28-23(32)20-9-5-7-16-6-1-2-8-19(16)20/h1-15H,(H,28,32)(H2,26,29,30). The Bertz CT molecular complexity index is 1470. The minimum atomic E-state index is -0.436. The number of benzene rings is 3. The lowest BCUT2D eigenvalue weighted by molar-refractivity contribution is 0.0947. The number of fused-ring (bicyclic) bond motifs is 1. The zero-order valence-electron chi connectivity index (χ0n) is 17.3. The summed E-state index contributed by atoms with van der Waals surface area (Å²) in [6.07, 6.45) is 1.61. The maximum absolute atomic E-state index is 12.9. The van der Waals surface area contributed by atoms with Crippen molar-refractivity contribution in [1.29, 1.82) is 0 Å². The summed E-state index contributed by atoms with van der Waals surface area (Å²) in [4.78, 5) is 34.0. The number of nitrogens with one attached hydrogen (secondary N) is 1. The van der Waals surface area contributed by atoms with E-state index in [-0.39, 0.29) is 17.7 Å². The molecule has 8 heteroatoms. The second-order valence-corrected chi connectivity index (χ2v) is 7.28. The molecule has 1 amide bonds. The summed E-state index contributed by atoms with van der Waals surface area (Å²) in [5.41, 5.74) is 7.91. The third-order valence-corrected chi connectivity index (χ3v) is 5.14. The molecule has 0 unspecified atom stereocenters. The van der Waals surface area contributed by atoms with Crippen LogP contribution >= 0.6 is 0 Å². The minimum Gasteiger partial charge on any atom is -0.368 e. The molecule has 0 aliphatic heterocycles. The Hall–Kier alpha value is -4.85. The van der Waals surface area contributed by atoms with Crippen molar-refractivity contribution in [3.05, 3.63) is 102 Å². The summed E-state index contributed by atoms with van der Waals surface area (Å²) < 4.78 is 1.04. The van der Waals surface area contributed by atoms with Crippen molar-refractivity contribution in [2.45, 2.75) is 0 Å². The van der Waals surface area contributed by atoms with Crippen molar-refractivity contribution in [3.63, 3.8) is 0 Å². The highest BCUT2D eigenvalue weighted by molar-refractivity contribution is 6.13. The van der Waals surface area contributed by atoms with Crippen LogP contribution in [0.25, 0.3) is 22.3 Å². The van der Waals surface area contributed by atoms with Crippen molar-refractivity contribution in [1.82, 2.24) is 19.7 Å². The summed E-state index contributed by atoms with van der Waals surface area (Å²) in [5.74, 6) is -0.435. The molecule has 0 radical (unpaired) electrons. The van der Waals surface area contributed by atoms with Gasteiger partial charge in [-0.1, -0.05) is 42.5 Å². The molecule has 0 saturated heterocycles. The van der Waals surface area contributed by atoms with E-state index < -0.39 is 5.91 Å². The first-order chi connectivity index (χ1) is 16.1. The van der Waals surface area contributed by atoms with Gasteiger partial charge in [-0.25, -0.2) is 0 Å². The van der Waals surface area contributed by atoms with Gasteiger partial charge in [0, 0.05) is 23.0 Å². The largest absolute Gasteiger partial charge is 0.368 e. The maximum Gasteiger partial charge on any atom is 0.281 e. The van der Waals surface area contributed by atoms with E-state index in [1.165, 1.54) is 0 Å². The van der Waals surface area contributed by atoms with Gasteiger partial charge in [0.05, 0.1) is 0 Å². The first kappa shape index (κ1) is 20.1. The third-order valence-electron chi connectivity index (χ3n) is 5.14. The lowest BCUT2D eigenvalue weighted by atomic mass is 10.0. The molecule has 5 aromatic rings. The van der Waals surface area contributed by atoms with Gasteiger partial charge in [-0.15, -0.1) is 5.10 Å². The normalized spacial score (nSPS) is 10.8. The molecule has 2 heterocycles. The van der Waals surface area contributed by atoms with E-state index >= 15 is 0 Å². The monoisotopic (exact) mass is 434 g/mol. The SMILES string of the molecule is Nc1nc(-c2ccccn2)nn1C(=O)c1ccc(NC(=O)c2cccc3ccccc23)cc1. The van der Waals surface area contributed by atoms with Crippen molar-refractivity contribution >= 4 is 34.2 Å². The van der Waals surface area contributed by atoms with Gasteiger partial charge in [0.15, 0.2) is 0 Å². The molecule has 5 rings (SSSR count). The molecule has 0 atom stereocenters. The number of hydrogen-bond acceptors (Lipinski definition) is 6. The molecular formula is C25H18N6O2. The highest BCUT2D eigenvalue weighted by atomic mass is 16.2. The fourth-order valence-corrected chi connectivity index (χ4v) is 3.52. The Balaban J connectivity index is 1.35. The van der Waals surface area contributed by atoms with E-state index in [4.69, 9.17) is 5.73 Å². The topological polar surface area (TPSA) is 116 Å². The zero-order valence-corrected chi connectivity index (χ0v) is 17.3. The van der Waals surface area contributed by atoms with Crippen LogP contribution in [0.3, 0.4) is 0 Å². The van der Waals surface area contributed by atoms with Gasteiger partial charge in [-0.05, 0) is 53.2 Å². The minimum absolute atomic E-state index is 0.0333. The fraction of sp³-hybridized carbons (Fsp3) is 0. The van der Waals surface area contributed by atoms with Gasteiger partial charge in [0.25, 0.3) is 11.8 Å². The second-order valence-electron chi connectivity index (χ2n) is 7.28.